The highest BCUT2D eigenvalue weighted by Crippen LogP contribution is 2.34. The van der Waals surface area contributed by atoms with Crippen LogP contribution >= 0.6 is 11.8 Å². The fourth-order valence-electron chi connectivity index (χ4n) is 2.38. The van der Waals surface area contributed by atoms with Crippen LogP contribution in [0.2, 0.25) is 0 Å². The van der Waals surface area contributed by atoms with E-state index in [1.165, 1.54) is 6.20 Å². The van der Waals surface area contributed by atoms with Crippen molar-refractivity contribution in [3.8, 4) is 0 Å². The summed E-state index contributed by atoms with van der Waals surface area (Å²) in [6, 6.07) is 9.31. The van der Waals surface area contributed by atoms with Gasteiger partial charge < -0.3 is 5.32 Å². The Morgan fingerprint density at radius 2 is 1.96 bits per heavy atom. The summed E-state index contributed by atoms with van der Waals surface area (Å²) in [5.41, 5.74) is 0.0429. The first-order valence-corrected chi connectivity index (χ1v) is 8.65. The largest absolute Gasteiger partial charge is 0.419 e. The minimum absolute atomic E-state index is 0.0343. The Hall–Kier alpha value is -2.35. The van der Waals surface area contributed by atoms with Crippen LogP contribution in [0.5, 0.6) is 0 Å². The van der Waals surface area contributed by atoms with Crippen molar-refractivity contribution in [1.82, 2.24) is 9.97 Å². The van der Waals surface area contributed by atoms with Gasteiger partial charge in [-0.2, -0.15) is 24.9 Å². The molecule has 130 valence electrons. The lowest BCUT2D eigenvalue weighted by Gasteiger charge is -2.11. The zero-order valence-electron chi connectivity index (χ0n) is 13.1. The van der Waals surface area contributed by atoms with Gasteiger partial charge >= 0.3 is 6.18 Å². The van der Waals surface area contributed by atoms with Gasteiger partial charge in [-0.1, -0.05) is 18.2 Å². The summed E-state index contributed by atoms with van der Waals surface area (Å²) in [6.07, 6.45) is -1.50. The maximum Gasteiger partial charge on any atom is 0.419 e. The molecule has 0 aliphatic heterocycles. The molecule has 3 rings (SSSR count). The number of hydrogen-bond donors (Lipinski definition) is 1. The Bertz CT molecular complexity index is 912. The molecule has 0 amide bonds. The topological polar surface area (TPSA) is 37.8 Å². The Balaban J connectivity index is 1.98. The first-order chi connectivity index (χ1) is 11.9. The monoisotopic (exact) mass is 367 g/mol. The lowest BCUT2D eigenvalue weighted by atomic mass is 10.1. The molecule has 0 aliphatic rings. The van der Waals surface area contributed by atoms with Crippen LogP contribution in [0.25, 0.3) is 10.9 Å². The van der Waals surface area contributed by atoms with Gasteiger partial charge in [0.15, 0.2) is 5.82 Å². The molecule has 25 heavy (non-hydrogen) atoms. The number of fused-ring (bicyclic) bond motifs is 1. The van der Waals surface area contributed by atoms with Crippen molar-refractivity contribution in [1.29, 1.82) is 0 Å². The average Bonchev–Trinajstić information content (AvgIpc) is 2.55. The Morgan fingerprint density at radius 3 is 2.68 bits per heavy atom. The molecule has 0 aliphatic carbocycles. The van der Waals surface area contributed by atoms with Crippen LogP contribution in [-0.2, 0) is 11.9 Å². The van der Waals surface area contributed by atoms with Crippen LogP contribution in [0, 0.1) is 5.82 Å². The van der Waals surface area contributed by atoms with Crippen molar-refractivity contribution in [3.63, 3.8) is 0 Å². The van der Waals surface area contributed by atoms with E-state index < -0.39 is 17.6 Å². The SMILES string of the molecule is CSCc1cccc(Nc2ncc3ccc(C(F)(F)F)c(F)c3n2)c1. The zero-order valence-corrected chi connectivity index (χ0v) is 13.9. The highest BCUT2D eigenvalue weighted by atomic mass is 32.2. The van der Waals surface area contributed by atoms with Crippen LogP contribution in [0.3, 0.4) is 0 Å². The van der Waals surface area contributed by atoms with Crippen LogP contribution in [0.4, 0.5) is 29.2 Å². The van der Waals surface area contributed by atoms with Crippen molar-refractivity contribution >= 4 is 34.3 Å². The molecule has 1 N–H and O–H groups in total. The lowest BCUT2D eigenvalue weighted by Crippen LogP contribution is -2.09. The standard InChI is InChI=1S/C17H13F4N3S/c1-25-9-10-3-2-4-12(7-10)23-16-22-8-11-5-6-13(17(19,20)21)14(18)15(11)24-16/h2-8H,9H2,1H3,(H,22,23,24). The molecule has 0 fully saturated rings. The van der Waals surface area contributed by atoms with Crippen molar-refractivity contribution in [2.45, 2.75) is 11.9 Å². The van der Waals surface area contributed by atoms with Crippen LogP contribution in [0.1, 0.15) is 11.1 Å². The minimum Gasteiger partial charge on any atom is -0.324 e. The molecule has 1 heterocycles. The summed E-state index contributed by atoms with van der Waals surface area (Å²) in [5, 5.41) is 3.10. The maximum absolute atomic E-state index is 14.2. The molecule has 0 saturated carbocycles. The first-order valence-electron chi connectivity index (χ1n) is 7.26. The van der Waals surface area contributed by atoms with Crippen molar-refractivity contribution in [2.75, 3.05) is 11.6 Å². The van der Waals surface area contributed by atoms with Gasteiger partial charge in [0.05, 0.1) is 5.56 Å². The van der Waals surface area contributed by atoms with E-state index in [0.717, 1.165) is 17.4 Å². The highest BCUT2D eigenvalue weighted by Gasteiger charge is 2.35. The average molecular weight is 367 g/mol. The highest BCUT2D eigenvalue weighted by molar-refractivity contribution is 7.97. The Labute approximate surface area is 145 Å². The summed E-state index contributed by atoms with van der Waals surface area (Å²) < 4.78 is 52.7. The second kappa shape index (κ2) is 6.87. The summed E-state index contributed by atoms with van der Waals surface area (Å²) in [6.45, 7) is 0. The number of thioether (sulfide) groups is 1. The summed E-state index contributed by atoms with van der Waals surface area (Å²) >= 11 is 1.66. The fourth-order valence-corrected chi connectivity index (χ4v) is 2.89. The number of anilines is 2. The number of hydrogen-bond acceptors (Lipinski definition) is 4. The van der Waals surface area contributed by atoms with Gasteiger partial charge in [0.1, 0.15) is 5.52 Å². The van der Waals surface area contributed by atoms with Crippen molar-refractivity contribution in [3.05, 3.63) is 59.5 Å². The molecule has 0 radical (unpaired) electrons. The van der Waals surface area contributed by atoms with Gasteiger partial charge in [0.25, 0.3) is 0 Å². The predicted octanol–water partition coefficient (Wildman–Crippen LogP) is 5.39. The minimum atomic E-state index is -4.77. The molecular weight excluding hydrogens is 354 g/mol. The zero-order chi connectivity index (χ0) is 18.0. The second-order valence-corrected chi connectivity index (χ2v) is 6.18. The van der Waals surface area contributed by atoms with E-state index in [0.29, 0.717) is 11.8 Å². The number of rotatable bonds is 4. The van der Waals surface area contributed by atoms with Crippen molar-refractivity contribution in [2.24, 2.45) is 0 Å². The van der Waals surface area contributed by atoms with E-state index in [1.807, 2.05) is 24.5 Å². The van der Waals surface area contributed by atoms with E-state index in [2.05, 4.69) is 15.3 Å². The molecule has 0 unspecified atom stereocenters. The molecule has 3 aromatic rings. The molecule has 8 heteroatoms. The lowest BCUT2D eigenvalue weighted by molar-refractivity contribution is -0.139. The number of nitrogens with zero attached hydrogens (tertiary/aromatic N) is 2. The van der Waals surface area contributed by atoms with E-state index in [-0.39, 0.29) is 16.9 Å². The second-order valence-electron chi connectivity index (χ2n) is 5.31. The Kier molecular flexibility index (Phi) is 4.80. The van der Waals surface area contributed by atoms with Crippen molar-refractivity contribution < 1.29 is 17.6 Å². The molecular formula is C17H13F4N3S. The van der Waals surface area contributed by atoms with Crippen LogP contribution in [-0.4, -0.2) is 16.2 Å². The van der Waals surface area contributed by atoms with Crippen LogP contribution in [0.15, 0.2) is 42.6 Å². The number of benzene rings is 2. The van der Waals surface area contributed by atoms with E-state index in [1.54, 1.807) is 17.8 Å². The molecule has 0 atom stereocenters. The molecule has 1 aromatic heterocycles. The smallest absolute Gasteiger partial charge is 0.324 e. The Morgan fingerprint density at radius 1 is 1.16 bits per heavy atom. The summed E-state index contributed by atoms with van der Waals surface area (Å²) in [5.74, 6) is -0.545. The number of halogens is 4. The van der Waals surface area contributed by atoms with Gasteiger partial charge in [-0.3, -0.25) is 0 Å². The van der Waals surface area contributed by atoms with Gasteiger partial charge in [-0.15, -0.1) is 0 Å². The quantitative estimate of drug-likeness (QED) is 0.627. The number of nitrogens with one attached hydrogen (secondary N) is 1. The third-order valence-electron chi connectivity index (χ3n) is 3.49. The normalized spacial score (nSPS) is 11.7. The fraction of sp³-hybridized carbons (Fsp3) is 0.176. The maximum atomic E-state index is 14.2. The summed E-state index contributed by atoms with van der Waals surface area (Å²) in [7, 11) is 0. The van der Waals surface area contributed by atoms with Gasteiger partial charge in [0.2, 0.25) is 5.95 Å². The third-order valence-corrected chi connectivity index (χ3v) is 4.11. The van der Waals surface area contributed by atoms with Gasteiger partial charge in [0, 0.05) is 23.0 Å². The van der Waals surface area contributed by atoms with Crippen LogP contribution < -0.4 is 5.32 Å². The molecule has 2 aromatic carbocycles. The third kappa shape index (κ3) is 3.84. The van der Waals surface area contributed by atoms with E-state index in [9.17, 15) is 17.6 Å². The van der Waals surface area contributed by atoms with E-state index in [4.69, 9.17) is 0 Å². The van der Waals surface area contributed by atoms with Gasteiger partial charge in [-0.25, -0.2) is 14.4 Å². The number of alkyl halides is 3. The molecule has 0 saturated heterocycles. The first kappa shape index (κ1) is 17.5. The predicted molar refractivity (Wildman–Crippen MR) is 91.4 cm³/mol. The summed E-state index contributed by atoms with van der Waals surface area (Å²) in [4.78, 5) is 7.95. The molecule has 0 bridgehead atoms. The molecule has 3 nitrogen and oxygen atoms in total. The van der Waals surface area contributed by atoms with E-state index >= 15 is 0 Å². The number of aromatic nitrogens is 2. The molecule has 0 spiro atoms. The van der Waals surface area contributed by atoms with Gasteiger partial charge in [-0.05, 0) is 30.0 Å².